The molecular weight excluding hydrogens is 751 g/mol. The first-order valence-corrected chi connectivity index (χ1v) is 19.3. The number of hydrogen-bond donors (Lipinski definition) is 0. The molecule has 298 valence electrons. The second kappa shape index (κ2) is 18.4. The summed E-state index contributed by atoms with van der Waals surface area (Å²) in [7, 11) is 1.61. The summed E-state index contributed by atoms with van der Waals surface area (Å²) in [5.74, 6) is 2.97. The summed E-state index contributed by atoms with van der Waals surface area (Å²) in [6, 6.07) is 38.3. The molecule has 0 aliphatic rings. The van der Waals surface area contributed by atoms with E-state index in [1.807, 2.05) is 91.1 Å². The Morgan fingerprint density at radius 1 is 0.644 bits per heavy atom. The maximum Gasteiger partial charge on any atom is 0.235 e. The van der Waals surface area contributed by atoms with E-state index >= 15 is 0 Å². The van der Waals surface area contributed by atoms with Gasteiger partial charge in [-0.1, -0.05) is 59.8 Å². The number of fused-ring (bicyclic) bond motifs is 2. The van der Waals surface area contributed by atoms with Crippen LogP contribution in [0.4, 0.5) is 0 Å². The van der Waals surface area contributed by atoms with Crippen LogP contribution < -0.4 is 29.8 Å². The second-order valence-corrected chi connectivity index (χ2v) is 13.6. The Hall–Kier alpha value is -7.18. The predicted octanol–water partition coefficient (Wildman–Crippen LogP) is 8.52. The third-order valence-electron chi connectivity index (χ3n) is 9.54. The van der Waals surface area contributed by atoms with Gasteiger partial charge in [0, 0.05) is 29.5 Å². The zero-order chi connectivity index (χ0) is 40.4. The summed E-state index contributed by atoms with van der Waals surface area (Å²) in [4.78, 5) is 26.2. The SMILES string of the molecule is COc1cccc(COc2c(-c3ccc(OCCOCCn4cc(CCCOc5ccc6c(=O)cc(-c7ccccc7)oc6c5)nn4)cc3)oc3ccccc3c2=O)c1. The molecule has 0 aliphatic heterocycles. The highest BCUT2D eigenvalue weighted by molar-refractivity contribution is 5.82. The number of benzene rings is 5. The highest BCUT2D eigenvalue weighted by Gasteiger charge is 2.18. The minimum absolute atomic E-state index is 0.0970. The Morgan fingerprint density at radius 3 is 2.32 bits per heavy atom. The molecular formula is C47H41N3O9. The van der Waals surface area contributed by atoms with Gasteiger partial charge in [-0.05, 0) is 79.1 Å². The average molecular weight is 792 g/mol. The molecule has 0 bridgehead atoms. The molecule has 0 N–H and O–H groups in total. The molecule has 59 heavy (non-hydrogen) atoms. The van der Waals surface area contributed by atoms with Crippen LogP contribution in [0.2, 0.25) is 0 Å². The molecule has 0 atom stereocenters. The largest absolute Gasteiger partial charge is 0.497 e. The normalized spacial score (nSPS) is 11.2. The third kappa shape index (κ3) is 9.52. The van der Waals surface area contributed by atoms with Crippen molar-refractivity contribution < 1.29 is 32.5 Å². The first kappa shape index (κ1) is 38.7. The van der Waals surface area contributed by atoms with Crippen LogP contribution in [0, 0.1) is 0 Å². The maximum absolute atomic E-state index is 13.6. The summed E-state index contributed by atoms with van der Waals surface area (Å²) >= 11 is 0. The lowest BCUT2D eigenvalue weighted by molar-refractivity contribution is 0.0923. The fourth-order valence-electron chi connectivity index (χ4n) is 6.52. The van der Waals surface area contributed by atoms with Gasteiger partial charge in [0.25, 0.3) is 0 Å². The summed E-state index contributed by atoms with van der Waals surface area (Å²) < 4.78 is 43.1. The second-order valence-electron chi connectivity index (χ2n) is 13.6. The van der Waals surface area contributed by atoms with Gasteiger partial charge in [0.05, 0.1) is 49.9 Å². The van der Waals surface area contributed by atoms with Crippen LogP contribution in [-0.4, -0.2) is 48.5 Å². The number of methoxy groups -OCH3 is 1. The molecule has 3 heterocycles. The minimum atomic E-state index is -0.246. The number of hydrogen-bond acceptors (Lipinski definition) is 11. The van der Waals surface area contributed by atoms with Crippen LogP contribution in [-0.2, 0) is 24.3 Å². The number of ether oxygens (including phenoxy) is 5. The number of aromatic nitrogens is 3. The van der Waals surface area contributed by atoms with Crippen molar-refractivity contribution in [2.24, 2.45) is 0 Å². The molecule has 0 spiro atoms. The Labute approximate surface area is 339 Å². The summed E-state index contributed by atoms with van der Waals surface area (Å²) in [5, 5.41) is 9.45. The Morgan fingerprint density at radius 2 is 1.46 bits per heavy atom. The van der Waals surface area contributed by atoms with Gasteiger partial charge in [-0.25, -0.2) is 4.68 Å². The van der Waals surface area contributed by atoms with Crippen LogP contribution in [0.15, 0.2) is 152 Å². The molecule has 3 aromatic heterocycles. The topological polar surface area (TPSA) is 137 Å². The zero-order valence-corrected chi connectivity index (χ0v) is 32.4. The monoisotopic (exact) mass is 791 g/mol. The van der Waals surface area contributed by atoms with Gasteiger partial charge in [0.15, 0.2) is 11.2 Å². The zero-order valence-electron chi connectivity index (χ0n) is 32.4. The number of aryl methyl sites for hydroxylation is 1. The molecule has 12 nitrogen and oxygen atoms in total. The summed E-state index contributed by atoms with van der Waals surface area (Å²) in [5.41, 5.74) is 3.84. The van der Waals surface area contributed by atoms with Crippen LogP contribution in [0.25, 0.3) is 44.6 Å². The smallest absolute Gasteiger partial charge is 0.235 e. The van der Waals surface area contributed by atoms with Crippen molar-refractivity contribution in [2.45, 2.75) is 26.0 Å². The van der Waals surface area contributed by atoms with E-state index in [1.54, 1.807) is 48.2 Å². The average Bonchev–Trinajstić information content (AvgIpc) is 3.74. The third-order valence-corrected chi connectivity index (χ3v) is 9.54. The van der Waals surface area contributed by atoms with Gasteiger partial charge in [-0.15, -0.1) is 5.10 Å². The highest BCUT2D eigenvalue weighted by atomic mass is 16.5. The summed E-state index contributed by atoms with van der Waals surface area (Å²) in [6.45, 7) is 2.35. The quantitative estimate of drug-likeness (QED) is 0.0774. The summed E-state index contributed by atoms with van der Waals surface area (Å²) in [6.07, 6.45) is 3.33. The lowest BCUT2D eigenvalue weighted by atomic mass is 10.1. The van der Waals surface area contributed by atoms with Crippen molar-refractivity contribution in [1.29, 1.82) is 0 Å². The van der Waals surface area contributed by atoms with Crippen molar-refractivity contribution >= 4 is 21.9 Å². The standard InChI is InChI=1S/C47H41N3O9/c1-53-37-13-7-9-32(27-37)31-57-47-45(52)40-14-5-6-15-42(40)59-46(47)34-16-18-36(19-17-34)56-26-25-54-24-22-50-30-35(48-49-50)12-8-23-55-38-20-21-39-41(51)29-43(58-44(39)28-38)33-10-3-2-4-11-33/h2-7,9-11,13-21,27-30H,8,12,22-26,31H2,1H3. The molecule has 8 rings (SSSR count). The molecule has 0 unspecified atom stereocenters. The first-order chi connectivity index (χ1) is 29.0. The van der Waals surface area contributed by atoms with Crippen molar-refractivity contribution in [3.63, 3.8) is 0 Å². The van der Waals surface area contributed by atoms with Crippen molar-refractivity contribution in [3.05, 3.63) is 165 Å². The lowest BCUT2D eigenvalue weighted by Crippen LogP contribution is -2.12. The van der Waals surface area contributed by atoms with E-state index < -0.39 is 0 Å². The lowest BCUT2D eigenvalue weighted by Gasteiger charge is -2.13. The molecule has 12 heteroatoms. The number of para-hydroxylation sites is 1. The molecule has 0 aliphatic carbocycles. The van der Waals surface area contributed by atoms with Crippen LogP contribution in [0.5, 0.6) is 23.0 Å². The van der Waals surface area contributed by atoms with Gasteiger partial charge >= 0.3 is 0 Å². The fourth-order valence-corrected chi connectivity index (χ4v) is 6.52. The van der Waals surface area contributed by atoms with E-state index in [-0.39, 0.29) is 23.2 Å². The van der Waals surface area contributed by atoms with Gasteiger partial charge in [-0.3, -0.25) is 9.59 Å². The molecule has 8 aromatic rings. The minimum Gasteiger partial charge on any atom is -0.497 e. The van der Waals surface area contributed by atoms with Gasteiger partial charge < -0.3 is 32.5 Å². The van der Waals surface area contributed by atoms with Crippen LogP contribution in [0.3, 0.4) is 0 Å². The Bertz CT molecular complexity index is 2780. The molecule has 0 radical (unpaired) electrons. The predicted molar refractivity (Wildman–Crippen MR) is 223 cm³/mol. The Kier molecular flexibility index (Phi) is 12.1. The highest BCUT2D eigenvalue weighted by Crippen LogP contribution is 2.33. The van der Waals surface area contributed by atoms with Gasteiger partial charge in [0.1, 0.15) is 47.4 Å². The molecule has 0 fully saturated rings. The number of nitrogens with zero attached hydrogens (tertiary/aromatic N) is 3. The molecule has 5 aromatic carbocycles. The van der Waals surface area contributed by atoms with Crippen molar-refractivity contribution in [3.8, 4) is 45.6 Å². The van der Waals surface area contributed by atoms with E-state index in [1.165, 1.54) is 6.07 Å². The first-order valence-electron chi connectivity index (χ1n) is 19.3. The van der Waals surface area contributed by atoms with Gasteiger partial charge in [-0.2, -0.15) is 0 Å². The maximum atomic E-state index is 13.6. The van der Waals surface area contributed by atoms with E-state index in [9.17, 15) is 9.59 Å². The van der Waals surface area contributed by atoms with E-state index in [0.717, 1.165) is 23.2 Å². The Balaban J connectivity index is 0.775. The van der Waals surface area contributed by atoms with Crippen molar-refractivity contribution in [1.82, 2.24) is 15.0 Å². The van der Waals surface area contributed by atoms with E-state index in [0.29, 0.717) is 95.7 Å². The van der Waals surface area contributed by atoms with E-state index in [2.05, 4.69) is 10.3 Å². The fraction of sp³-hybridized carbons (Fsp3) is 0.191. The van der Waals surface area contributed by atoms with Crippen LogP contribution >= 0.6 is 0 Å². The number of rotatable bonds is 18. The van der Waals surface area contributed by atoms with Gasteiger partial charge in [0.2, 0.25) is 11.2 Å². The molecule has 0 saturated carbocycles. The van der Waals surface area contributed by atoms with Crippen molar-refractivity contribution in [2.75, 3.05) is 33.5 Å². The molecule has 0 saturated heterocycles. The van der Waals surface area contributed by atoms with Crippen LogP contribution in [0.1, 0.15) is 17.7 Å². The molecule has 0 amide bonds. The van der Waals surface area contributed by atoms with E-state index in [4.69, 9.17) is 32.5 Å².